The zero-order valence-electron chi connectivity index (χ0n) is 9.41. The monoisotopic (exact) mass is 236 g/mol. The maximum Gasteiger partial charge on any atom is 0.197 e. The van der Waals surface area contributed by atoms with Crippen molar-refractivity contribution in [2.45, 2.75) is 6.29 Å². The molecular formula is C11H12N2O4. The third-order valence-electron chi connectivity index (χ3n) is 2.33. The molecule has 2 aromatic rings. The van der Waals surface area contributed by atoms with Gasteiger partial charge in [-0.05, 0) is 0 Å². The maximum absolute atomic E-state index is 9.01. The van der Waals surface area contributed by atoms with E-state index in [9.17, 15) is 0 Å². The normalized spacial score (nSPS) is 10.9. The molecule has 0 radical (unpaired) electrons. The topological polar surface area (TPSA) is 84.7 Å². The van der Waals surface area contributed by atoms with Crippen LogP contribution in [-0.4, -0.2) is 34.4 Å². The largest absolute Gasteiger partial charge is 0.493 e. The lowest BCUT2D eigenvalue weighted by atomic mass is 10.2. The average Bonchev–Trinajstić information content (AvgIpc) is 2.36. The zero-order chi connectivity index (χ0) is 12.4. The number of methoxy groups -OCH3 is 2. The maximum atomic E-state index is 9.01. The van der Waals surface area contributed by atoms with Crippen LogP contribution in [0, 0.1) is 0 Å². The van der Waals surface area contributed by atoms with Gasteiger partial charge in [-0.15, -0.1) is 0 Å². The second-order valence-electron chi connectivity index (χ2n) is 3.36. The van der Waals surface area contributed by atoms with Crippen LogP contribution < -0.4 is 9.47 Å². The number of benzene rings is 1. The highest BCUT2D eigenvalue weighted by Gasteiger charge is 2.10. The number of ether oxygens (including phenoxy) is 2. The second-order valence-corrected chi connectivity index (χ2v) is 3.36. The molecule has 6 heteroatoms. The fourth-order valence-electron chi connectivity index (χ4n) is 1.48. The Kier molecular flexibility index (Phi) is 3.08. The van der Waals surface area contributed by atoms with Gasteiger partial charge in [0.25, 0.3) is 0 Å². The molecule has 0 unspecified atom stereocenters. The smallest absolute Gasteiger partial charge is 0.197 e. The fraction of sp³-hybridized carbons (Fsp3) is 0.273. The van der Waals surface area contributed by atoms with Crippen molar-refractivity contribution in [2.75, 3.05) is 14.2 Å². The van der Waals surface area contributed by atoms with Crippen molar-refractivity contribution in [1.29, 1.82) is 0 Å². The highest BCUT2D eigenvalue weighted by atomic mass is 16.5. The molecule has 1 aromatic heterocycles. The van der Waals surface area contributed by atoms with Gasteiger partial charge in [0.2, 0.25) is 0 Å². The first kappa shape index (κ1) is 11.6. The molecule has 1 aromatic carbocycles. The van der Waals surface area contributed by atoms with Crippen LogP contribution in [0.2, 0.25) is 0 Å². The van der Waals surface area contributed by atoms with Crippen LogP contribution in [0.25, 0.3) is 11.0 Å². The molecule has 0 spiro atoms. The lowest BCUT2D eigenvalue weighted by Gasteiger charge is -2.09. The SMILES string of the molecule is COc1cc2ncc(C(O)O)nc2cc1OC. The number of hydrogen-bond acceptors (Lipinski definition) is 6. The van der Waals surface area contributed by atoms with Crippen molar-refractivity contribution < 1.29 is 19.7 Å². The molecule has 0 aliphatic heterocycles. The first-order valence-corrected chi connectivity index (χ1v) is 4.90. The third kappa shape index (κ3) is 2.13. The molecule has 0 fully saturated rings. The summed E-state index contributed by atoms with van der Waals surface area (Å²) in [5.41, 5.74) is 1.19. The average molecular weight is 236 g/mol. The highest BCUT2D eigenvalue weighted by Crippen LogP contribution is 2.30. The molecular weight excluding hydrogens is 224 g/mol. The molecule has 0 bridgehead atoms. The molecule has 0 saturated heterocycles. The van der Waals surface area contributed by atoms with E-state index in [2.05, 4.69) is 9.97 Å². The lowest BCUT2D eigenvalue weighted by molar-refractivity contribution is -0.0458. The number of fused-ring (bicyclic) bond motifs is 1. The predicted octanol–water partition coefficient (Wildman–Crippen LogP) is 0.630. The second kappa shape index (κ2) is 4.52. The predicted molar refractivity (Wildman–Crippen MR) is 59.8 cm³/mol. The molecule has 0 atom stereocenters. The number of nitrogens with zero attached hydrogens (tertiary/aromatic N) is 2. The summed E-state index contributed by atoms with van der Waals surface area (Å²) in [6.07, 6.45) is -0.334. The number of hydrogen-bond donors (Lipinski definition) is 2. The van der Waals surface area contributed by atoms with Gasteiger partial charge < -0.3 is 19.7 Å². The van der Waals surface area contributed by atoms with Crippen molar-refractivity contribution >= 4 is 11.0 Å². The minimum absolute atomic E-state index is 0.0877. The minimum atomic E-state index is -1.64. The van der Waals surface area contributed by atoms with Gasteiger partial charge in [0.1, 0.15) is 5.69 Å². The number of rotatable bonds is 3. The minimum Gasteiger partial charge on any atom is -0.493 e. The fourth-order valence-corrected chi connectivity index (χ4v) is 1.48. The standard InChI is InChI=1S/C11H12N2O4/c1-16-9-3-6-7(4-10(9)17-2)13-8(5-12-6)11(14)15/h3-5,11,14-15H,1-2H3. The number of aromatic nitrogens is 2. The van der Waals surface area contributed by atoms with Gasteiger partial charge in [0.15, 0.2) is 17.8 Å². The van der Waals surface area contributed by atoms with E-state index >= 15 is 0 Å². The van der Waals surface area contributed by atoms with Gasteiger partial charge in [0.05, 0.1) is 31.4 Å². The Balaban J connectivity index is 2.62. The Labute approximate surface area is 97.5 Å². The summed E-state index contributed by atoms with van der Waals surface area (Å²) >= 11 is 0. The molecule has 1 heterocycles. The van der Waals surface area contributed by atoms with E-state index in [1.165, 1.54) is 20.4 Å². The van der Waals surface area contributed by atoms with Gasteiger partial charge in [-0.1, -0.05) is 0 Å². The quantitative estimate of drug-likeness (QED) is 0.760. The van der Waals surface area contributed by atoms with E-state index in [-0.39, 0.29) is 5.69 Å². The van der Waals surface area contributed by atoms with Crippen LogP contribution >= 0.6 is 0 Å². The van der Waals surface area contributed by atoms with E-state index < -0.39 is 6.29 Å². The van der Waals surface area contributed by atoms with Gasteiger partial charge in [0, 0.05) is 12.1 Å². The lowest BCUT2D eigenvalue weighted by Crippen LogP contribution is -2.00. The first-order valence-electron chi connectivity index (χ1n) is 4.90. The molecule has 0 amide bonds. The van der Waals surface area contributed by atoms with Crippen molar-refractivity contribution in [3.05, 3.63) is 24.0 Å². The van der Waals surface area contributed by atoms with Crippen molar-refractivity contribution in [2.24, 2.45) is 0 Å². The molecule has 6 nitrogen and oxygen atoms in total. The van der Waals surface area contributed by atoms with Crippen LogP contribution in [0.5, 0.6) is 11.5 Å². The summed E-state index contributed by atoms with van der Waals surface area (Å²) in [5, 5.41) is 18.0. The van der Waals surface area contributed by atoms with Crippen molar-refractivity contribution in [1.82, 2.24) is 9.97 Å². The van der Waals surface area contributed by atoms with Crippen LogP contribution in [0.4, 0.5) is 0 Å². The van der Waals surface area contributed by atoms with Crippen LogP contribution in [0.15, 0.2) is 18.3 Å². The Morgan fingerprint density at radius 1 is 1.06 bits per heavy atom. The Bertz CT molecular complexity index is 542. The molecule has 0 aliphatic rings. The zero-order valence-corrected chi connectivity index (χ0v) is 9.41. The van der Waals surface area contributed by atoms with E-state index in [1.807, 2.05) is 0 Å². The van der Waals surface area contributed by atoms with E-state index in [0.717, 1.165) is 0 Å². The van der Waals surface area contributed by atoms with E-state index in [4.69, 9.17) is 19.7 Å². The highest BCUT2D eigenvalue weighted by molar-refractivity contribution is 5.78. The first-order chi connectivity index (χ1) is 8.15. The number of aliphatic hydroxyl groups is 2. The van der Waals surface area contributed by atoms with E-state index in [0.29, 0.717) is 22.5 Å². The van der Waals surface area contributed by atoms with Crippen molar-refractivity contribution in [3.63, 3.8) is 0 Å². The van der Waals surface area contributed by atoms with Crippen molar-refractivity contribution in [3.8, 4) is 11.5 Å². The summed E-state index contributed by atoms with van der Waals surface area (Å²) < 4.78 is 10.3. The van der Waals surface area contributed by atoms with Gasteiger partial charge in [-0.3, -0.25) is 4.98 Å². The molecule has 2 N–H and O–H groups in total. The molecule has 90 valence electrons. The van der Waals surface area contributed by atoms with E-state index in [1.54, 1.807) is 12.1 Å². The van der Waals surface area contributed by atoms with Crippen LogP contribution in [0.1, 0.15) is 12.0 Å². The summed E-state index contributed by atoms with van der Waals surface area (Å²) in [5.74, 6) is 1.06. The Morgan fingerprint density at radius 3 is 2.18 bits per heavy atom. The summed E-state index contributed by atoms with van der Waals surface area (Å²) in [7, 11) is 3.05. The summed E-state index contributed by atoms with van der Waals surface area (Å²) in [6, 6.07) is 3.31. The molecule has 0 saturated carbocycles. The molecule has 0 aliphatic carbocycles. The van der Waals surface area contributed by atoms with Gasteiger partial charge in [-0.2, -0.15) is 0 Å². The summed E-state index contributed by atoms with van der Waals surface area (Å²) in [6.45, 7) is 0. The third-order valence-corrected chi connectivity index (χ3v) is 2.33. The number of aliphatic hydroxyl groups excluding tert-OH is 1. The molecule has 17 heavy (non-hydrogen) atoms. The summed E-state index contributed by atoms with van der Waals surface area (Å²) in [4.78, 5) is 8.13. The van der Waals surface area contributed by atoms with Gasteiger partial charge in [-0.25, -0.2) is 4.98 Å². The molecule has 2 rings (SSSR count). The van der Waals surface area contributed by atoms with Crippen LogP contribution in [0.3, 0.4) is 0 Å². The Morgan fingerprint density at radius 2 is 1.65 bits per heavy atom. The van der Waals surface area contributed by atoms with Crippen LogP contribution in [-0.2, 0) is 0 Å². The Hall–Kier alpha value is -1.92. The van der Waals surface area contributed by atoms with Gasteiger partial charge >= 0.3 is 0 Å².